The van der Waals surface area contributed by atoms with Crippen LogP contribution in [-0.4, -0.2) is 43.9 Å². The molecule has 0 spiro atoms. The van der Waals surface area contributed by atoms with E-state index in [4.69, 9.17) is 0 Å². The number of carbonyl (C=O) groups is 1. The van der Waals surface area contributed by atoms with Crippen LogP contribution < -0.4 is 4.72 Å². The molecule has 1 aliphatic heterocycles. The molecule has 0 radical (unpaired) electrons. The van der Waals surface area contributed by atoms with E-state index >= 15 is 0 Å². The van der Waals surface area contributed by atoms with Gasteiger partial charge in [-0.2, -0.15) is 12.7 Å². The molecule has 1 rings (SSSR count). The van der Waals surface area contributed by atoms with Gasteiger partial charge in [0, 0.05) is 20.1 Å². The number of carboxylic acid groups (broad SMARTS) is 1. The number of nitrogens with zero attached hydrogens (tertiary/aromatic N) is 1. The van der Waals surface area contributed by atoms with Crippen molar-refractivity contribution in [3.63, 3.8) is 0 Å². The Hall–Kier alpha value is -0.660. The molecule has 6 nitrogen and oxygen atoms in total. The zero-order valence-corrected chi connectivity index (χ0v) is 11.1. The van der Waals surface area contributed by atoms with Crippen LogP contribution in [-0.2, 0) is 15.0 Å². The summed E-state index contributed by atoms with van der Waals surface area (Å²) in [6.45, 7) is 2.49. The van der Waals surface area contributed by atoms with Gasteiger partial charge in [-0.05, 0) is 19.3 Å². The first-order valence-corrected chi connectivity index (χ1v) is 7.24. The minimum absolute atomic E-state index is 0.273. The monoisotopic (exact) mass is 264 g/mol. The standard InChI is InChI=1S/C10H20N2O4S/c1-3-4-10(9(13)14)5-7-12(8-6-10)17(15,16)11-2/h11H,3-8H2,1-2H3,(H,13,14). The van der Waals surface area contributed by atoms with E-state index in [1.54, 1.807) is 0 Å². The van der Waals surface area contributed by atoms with Gasteiger partial charge in [0.25, 0.3) is 10.2 Å². The maximum atomic E-state index is 11.6. The minimum atomic E-state index is -3.42. The van der Waals surface area contributed by atoms with Crippen LogP contribution in [0.1, 0.15) is 32.6 Å². The summed E-state index contributed by atoms with van der Waals surface area (Å²) in [4.78, 5) is 11.3. The SMILES string of the molecule is CCCC1(C(=O)O)CCN(S(=O)(=O)NC)CC1. The van der Waals surface area contributed by atoms with Gasteiger partial charge in [0.1, 0.15) is 0 Å². The van der Waals surface area contributed by atoms with Crippen molar-refractivity contribution < 1.29 is 18.3 Å². The molecule has 0 aromatic heterocycles. The van der Waals surface area contributed by atoms with Crippen LogP contribution in [0.3, 0.4) is 0 Å². The molecule has 0 atom stereocenters. The fourth-order valence-corrected chi connectivity index (χ4v) is 3.25. The van der Waals surface area contributed by atoms with Gasteiger partial charge in [0.05, 0.1) is 5.41 Å². The van der Waals surface area contributed by atoms with Crippen molar-refractivity contribution in [3.05, 3.63) is 0 Å². The molecule has 0 aromatic carbocycles. The molecular formula is C10H20N2O4S. The number of rotatable bonds is 5. The molecule has 7 heteroatoms. The Labute approximate surface area is 102 Å². The predicted molar refractivity (Wildman–Crippen MR) is 63.8 cm³/mol. The van der Waals surface area contributed by atoms with Gasteiger partial charge in [-0.3, -0.25) is 4.79 Å². The van der Waals surface area contributed by atoms with E-state index in [2.05, 4.69) is 4.72 Å². The van der Waals surface area contributed by atoms with Gasteiger partial charge in [-0.25, -0.2) is 4.72 Å². The summed E-state index contributed by atoms with van der Waals surface area (Å²) in [5.41, 5.74) is -0.742. The van der Waals surface area contributed by atoms with E-state index in [9.17, 15) is 18.3 Å². The lowest BCUT2D eigenvalue weighted by Gasteiger charge is -2.37. The van der Waals surface area contributed by atoms with Crippen LogP contribution in [0.5, 0.6) is 0 Å². The van der Waals surface area contributed by atoms with Crippen LogP contribution in [0.15, 0.2) is 0 Å². The summed E-state index contributed by atoms with van der Waals surface area (Å²) in [6, 6.07) is 0. The molecule has 0 unspecified atom stereocenters. The summed E-state index contributed by atoms with van der Waals surface area (Å²) in [6.07, 6.45) is 2.18. The highest BCUT2D eigenvalue weighted by molar-refractivity contribution is 7.87. The van der Waals surface area contributed by atoms with Crippen molar-refractivity contribution >= 4 is 16.2 Å². The number of piperidine rings is 1. The molecule has 0 saturated carbocycles. The lowest BCUT2D eigenvalue weighted by Crippen LogP contribution is -2.49. The van der Waals surface area contributed by atoms with Crippen molar-refractivity contribution in [3.8, 4) is 0 Å². The summed E-state index contributed by atoms with van der Waals surface area (Å²) in [5.74, 6) is -0.805. The third-order valence-electron chi connectivity index (χ3n) is 3.46. The Morgan fingerprint density at radius 1 is 1.41 bits per heavy atom. The molecular weight excluding hydrogens is 244 g/mol. The van der Waals surface area contributed by atoms with Crippen LogP contribution in [0.2, 0.25) is 0 Å². The maximum absolute atomic E-state index is 11.6. The van der Waals surface area contributed by atoms with E-state index in [1.807, 2.05) is 6.92 Å². The van der Waals surface area contributed by atoms with Crippen molar-refractivity contribution in [2.45, 2.75) is 32.6 Å². The average Bonchev–Trinajstić information content (AvgIpc) is 2.30. The predicted octanol–water partition coefficient (Wildman–Crippen LogP) is 0.418. The van der Waals surface area contributed by atoms with E-state index in [-0.39, 0.29) is 13.1 Å². The highest BCUT2D eigenvalue weighted by atomic mass is 32.2. The van der Waals surface area contributed by atoms with Gasteiger partial charge >= 0.3 is 5.97 Å². The van der Waals surface area contributed by atoms with Crippen molar-refractivity contribution in [2.24, 2.45) is 5.41 Å². The fraction of sp³-hybridized carbons (Fsp3) is 0.900. The molecule has 1 fully saturated rings. The third kappa shape index (κ3) is 2.97. The van der Waals surface area contributed by atoms with Crippen LogP contribution in [0.4, 0.5) is 0 Å². The molecule has 1 heterocycles. The zero-order valence-electron chi connectivity index (χ0n) is 10.3. The molecule has 1 aliphatic rings. The number of hydrogen-bond acceptors (Lipinski definition) is 3. The average molecular weight is 264 g/mol. The van der Waals surface area contributed by atoms with Gasteiger partial charge in [-0.15, -0.1) is 0 Å². The molecule has 100 valence electrons. The summed E-state index contributed by atoms with van der Waals surface area (Å²) in [5, 5.41) is 9.28. The third-order valence-corrected chi connectivity index (χ3v) is 5.02. The minimum Gasteiger partial charge on any atom is -0.481 e. The lowest BCUT2D eigenvalue weighted by atomic mass is 9.75. The first-order chi connectivity index (χ1) is 7.88. The second kappa shape index (κ2) is 5.32. The Kier molecular flexibility index (Phi) is 4.51. The first-order valence-electron chi connectivity index (χ1n) is 5.80. The second-order valence-electron chi connectivity index (χ2n) is 4.44. The van der Waals surface area contributed by atoms with Gasteiger partial charge in [0.2, 0.25) is 0 Å². The van der Waals surface area contributed by atoms with Crippen LogP contribution in [0, 0.1) is 5.41 Å². The number of hydrogen-bond donors (Lipinski definition) is 2. The Morgan fingerprint density at radius 3 is 2.29 bits per heavy atom. The van der Waals surface area contributed by atoms with Crippen molar-refractivity contribution in [2.75, 3.05) is 20.1 Å². The Morgan fingerprint density at radius 2 is 1.94 bits per heavy atom. The van der Waals surface area contributed by atoms with Gasteiger partial charge in [0.15, 0.2) is 0 Å². The van der Waals surface area contributed by atoms with E-state index in [0.717, 1.165) is 6.42 Å². The Balaban J connectivity index is 2.75. The topological polar surface area (TPSA) is 86.7 Å². The smallest absolute Gasteiger partial charge is 0.309 e. The largest absolute Gasteiger partial charge is 0.481 e. The zero-order chi connectivity index (χ0) is 13.1. The summed E-state index contributed by atoms with van der Waals surface area (Å²) >= 11 is 0. The molecule has 17 heavy (non-hydrogen) atoms. The second-order valence-corrected chi connectivity index (χ2v) is 6.32. The molecule has 0 bridgehead atoms. The lowest BCUT2D eigenvalue weighted by molar-refractivity contribution is -0.152. The van der Waals surface area contributed by atoms with Crippen molar-refractivity contribution in [1.82, 2.24) is 9.03 Å². The summed E-state index contributed by atoms with van der Waals surface area (Å²) in [7, 11) is -2.06. The number of carboxylic acids is 1. The maximum Gasteiger partial charge on any atom is 0.309 e. The Bertz CT molecular complexity index is 372. The van der Waals surface area contributed by atoms with E-state index in [1.165, 1.54) is 11.4 Å². The number of aliphatic carboxylic acids is 1. The molecule has 0 amide bonds. The van der Waals surface area contributed by atoms with Gasteiger partial charge < -0.3 is 5.11 Å². The number of nitrogens with one attached hydrogen (secondary N) is 1. The van der Waals surface area contributed by atoms with E-state index in [0.29, 0.717) is 19.3 Å². The highest BCUT2D eigenvalue weighted by Gasteiger charge is 2.42. The fourth-order valence-electron chi connectivity index (χ4n) is 2.33. The molecule has 0 aliphatic carbocycles. The van der Waals surface area contributed by atoms with E-state index < -0.39 is 21.6 Å². The summed E-state index contributed by atoms with van der Waals surface area (Å²) < 4.78 is 26.7. The highest BCUT2D eigenvalue weighted by Crippen LogP contribution is 2.36. The van der Waals surface area contributed by atoms with Gasteiger partial charge in [-0.1, -0.05) is 13.3 Å². The molecule has 2 N–H and O–H groups in total. The van der Waals surface area contributed by atoms with Crippen LogP contribution in [0.25, 0.3) is 0 Å². The molecule has 0 aromatic rings. The van der Waals surface area contributed by atoms with Crippen molar-refractivity contribution in [1.29, 1.82) is 0 Å². The van der Waals surface area contributed by atoms with Crippen LogP contribution >= 0.6 is 0 Å². The normalized spacial score (nSPS) is 21.3. The molecule has 1 saturated heterocycles. The quantitative estimate of drug-likeness (QED) is 0.753. The first kappa shape index (κ1) is 14.4.